The van der Waals surface area contributed by atoms with Crippen molar-refractivity contribution in [1.29, 1.82) is 0 Å². The molecule has 6 rings (SSSR count). The molecule has 0 saturated heterocycles. The molecule has 8 nitrogen and oxygen atoms in total. The van der Waals surface area contributed by atoms with Gasteiger partial charge >= 0.3 is 6.09 Å². The second kappa shape index (κ2) is 16.4. The summed E-state index contributed by atoms with van der Waals surface area (Å²) < 4.78 is 38.5. The average molecular weight is 667 g/mol. The maximum atomic E-state index is 15.4. The van der Waals surface area contributed by atoms with Crippen LogP contribution < -0.4 is 19.5 Å². The quantitative estimate of drug-likeness (QED) is 0.138. The Bertz CT molecular complexity index is 1690. The first-order valence-corrected chi connectivity index (χ1v) is 17.0. The zero-order chi connectivity index (χ0) is 34.0. The summed E-state index contributed by atoms with van der Waals surface area (Å²) in [5.41, 5.74) is 2.73. The largest absolute Gasteiger partial charge is 0.492 e. The van der Waals surface area contributed by atoms with Crippen LogP contribution in [0.15, 0.2) is 97.1 Å². The molecule has 4 aromatic carbocycles. The molecule has 1 fully saturated rings. The van der Waals surface area contributed by atoms with Gasteiger partial charge in [-0.2, -0.15) is 0 Å². The summed E-state index contributed by atoms with van der Waals surface area (Å²) in [6, 6.07) is 30.1. The van der Waals surface area contributed by atoms with Crippen molar-refractivity contribution in [1.82, 2.24) is 10.2 Å². The van der Waals surface area contributed by atoms with Crippen LogP contribution in [0, 0.1) is 17.7 Å². The highest BCUT2D eigenvalue weighted by atomic mass is 19.1. The molecule has 1 aliphatic heterocycles. The fourth-order valence-corrected chi connectivity index (χ4v) is 6.59. The Morgan fingerprint density at radius 3 is 2.29 bits per heavy atom. The molecule has 1 N–H and O–H groups in total. The monoisotopic (exact) mass is 666 g/mol. The van der Waals surface area contributed by atoms with Crippen molar-refractivity contribution in [2.75, 3.05) is 19.7 Å². The average Bonchev–Trinajstić information content (AvgIpc) is 3.45. The summed E-state index contributed by atoms with van der Waals surface area (Å²) in [6.07, 6.45) is 3.48. The number of hydrogen-bond donors (Lipinski definition) is 1. The van der Waals surface area contributed by atoms with E-state index in [1.165, 1.54) is 0 Å². The number of benzene rings is 4. The second-order valence-electron chi connectivity index (χ2n) is 12.8. The van der Waals surface area contributed by atoms with Gasteiger partial charge in [-0.3, -0.25) is 4.79 Å². The molecule has 1 atom stereocenters. The molecule has 4 aromatic rings. The Morgan fingerprint density at radius 2 is 1.55 bits per heavy atom. The number of carbonyl (C=O) groups excluding carboxylic acids is 2. The van der Waals surface area contributed by atoms with E-state index in [-0.39, 0.29) is 36.5 Å². The third-order valence-electron chi connectivity index (χ3n) is 9.31. The summed E-state index contributed by atoms with van der Waals surface area (Å²) in [4.78, 5) is 27.0. The zero-order valence-electron chi connectivity index (χ0n) is 27.8. The molecule has 0 aromatic heterocycles. The van der Waals surface area contributed by atoms with Crippen LogP contribution in [0.4, 0.5) is 9.18 Å². The van der Waals surface area contributed by atoms with E-state index < -0.39 is 11.9 Å². The summed E-state index contributed by atoms with van der Waals surface area (Å²) >= 11 is 0. The van der Waals surface area contributed by atoms with Gasteiger partial charge in [-0.25, -0.2) is 9.18 Å². The number of hydrogen-bond acceptors (Lipinski definition) is 6. The molecule has 1 heterocycles. The van der Waals surface area contributed by atoms with E-state index >= 15 is 4.39 Å². The summed E-state index contributed by atoms with van der Waals surface area (Å²) in [5.74, 6) is 1.43. The normalized spacial score (nSPS) is 17.6. The van der Waals surface area contributed by atoms with Crippen molar-refractivity contribution < 1.29 is 32.9 Å². The predicted octanol–water partition coefficient (Wildman–Crippen LogP) is 7.94. The van der Waals surface area contributed by atoms with Gasteiger partial charge < -0.3 is 29.2 Å². The number of halogens is 1. The van der Waals surface area contributed by atoms with Gasteiger partial charge in [0.15, 0.2) is 11.6 Å². The molecule has 2 aliphatic rings. The lowest BCUT2D eigenvalue weighted by molar-refractivity contribution is 0.0681. The van der Waals surface area contributed by atoms with Crippen LogP contribution in [-0.2, 0) is 24.5 Å². The molecule has 1 unspecified atom stereocenters. The Kier molecular flexibility index (Phi) is 11.3. The van der Waals surface area contributed by atoms with Crippen molar-refractivity contribution in [3.8, 4) is 17.2 Å². The van der Waals surface area contributed by atoms with Gasteiger partial charge in [-0.1, -0.05) is 72.8 Å². The standard InChI is InChI=1S/C40H43FN2O6/c1-28(49-35-14-8-13-34(23-35)46-22-21-42-40(45)48-27-31-11-6-3-7-12-31)32-17-15-29(16-18-32)24-43-25-33-19-20-36(38(41)37(33)39(43)44)47-26-30-9-4-2-5-10-30/h2-14,19-20,23,28-29,32H,15-18,21-22,24-27H2,1H3,(H,42,45)/t28?,29-,32-. The van der Waals surface area contributed by atoms with Gasteiger partial charge in [-0.15, -0.1) is 0 Å². The smallest absolute Gasteiger partial charge is 0.407 e. The Balaban J connectivity index is 0.907. The van der Waals surface area contributed by atoms with Gasteiger partial charge in [0.2, 0.25) is 0 Å². The van der Waals surface area contributed by atoms with E-state index in [0.29, 0.717) is 49.4 Å². The summed E-state index contributed by atoms with van der Waals surface area (Å²) in [7, 11) is 0. The number of carbonyl (C=O) groups is 2. The number of rotatable bonds is 14. The SMILES string of the molecule is CC(Oc1cccc(OCCNC(=O)OCc2ccccc2)c1)[C@H]1CC[C@H](CN2Cc3ccc(OCc4ccccc4)c(F)c3C2=O)CC1. The van der Waals surface area contributed by atoms with Gasteiger partial charge in [-0.05, 0) is 79.3 Å². The number of amides is 2. The Hall–Kier alpha value is -5.05. The van der Waals surface area contributed by atoms with Crippen molar-refractivity contribution in [3.63, 3.8) is 0 Å². The van der Waals surface area contributed by atoms with E-state index in [0.717, 1.165) is 42.6 Å². The highest BCUT2D eigenvalue weighted by Crippen LogP contribution is 2.36. The Labute approximate surface area is 287 Å². The van der Waals surface area contributed by atoms with Gasteiger partial charge in [0.05, 0.1) is 18.2 Å². The van der Waals surface area contributed by atoms with Crippen molar-refractivity contribution >= 4 is 12.0 Å². The fourth-order valence-electron chi connectivity index (χ4n) is 6.59. The number of fused-ring (bicyclic) bond motifs is 1. The van der Waals surface area contributed by atoms with Crippen molar-refractivity contribution in [3.05, 3.63) is 125 Å². The van der Waals surface area contributed by atoms with Crippen molar-refractivity contribution in [2.24, 2.45) is 11.8 Å². The van der Waals surface area contributed by atoms with E-state index in [9.17, 15) is 9.59 Å². The van der Waals surface area contributed by atoms with Crippen LogP contribution >= 0.6 is 0 Å². The number of ether oxygens (including phenoxy) is 4. The minimum atomic E-state index is -0.569. The summed E-state index contributed by atoms with van der Waals surface area (Å²) in [6.45, 7) is 4.21. The molecule has 0 bridgehead atoms. The van der Waals surface area contributed by atoms with Crippen molar-refractivity contribution in [2.45, 2.75) is 58.5 Å². The second-order valence-corrected chi connectivity index (χ2v) is 12.8. The molecule has 1 aliphatic carbocycles. The third kappa shape index (κ3) is 9.10. The highest BCUT2D eigenvalue weighted by molar-refractivity contribution is 5.99. The molecule has 2 amide bonds. The molecule has 256 valence electrons. The molecular formula is C40H43FN2O6. The molecular weight excluding hydrogens is 623 g/mol. The molecule has 0 spiro atoms. The third-order valence-corrected chi connectivity index (χ3v) is 9.31. The lowest BCUT2D eigenvalue weighted by Crippen LogP contribution is -2.34. The molecule has 0 radical (unpaired) electrons. The first-order chi connectivity index (χ1) is 23.9. The minimum absolute atomic E-state index is 0.0123. The van der Waals surface area contributed by atoms with Gasteiger partial charge in [0.25, 0.3) is 5.91 Å². The number of nitrogens with one attached hydrogen (secondary N) is 1. The predicted molar refractivity (Wildman–Crippen MR) is 184 cm³/mol. The summed E-state index contributed by atoms with van der Waals surface area (Å²) in [5, 5.41) is 2.70. The van der Waals surface area contributed by atoms with E-state index in [4.69, 9.17) is 18.9 Å². The van der Waals surface area contributed by atoms with Crippen LogP contribution in [0.2, 0.25) is 0 Å². The highest BCUT2D eigenvalue weighted by Gasteiger charge is 2.35. The van der Waals surface area contributed by atoms with Crippen LogP contribution in [0.3, 0.4) is 0 Å². The van der Waals surface area contributed by atoms with Gasteiger partial charge in [0, 0.05) is 19.2 Å². The number of nitrogens with zero attached hydrogens (tertiary/aromatic N) is 1. The fraction of sp³-hybridized carbons (Fsp3) is 0.350. The molecule has 9 heteroatoms. The van der Waals surface area contributed by atoms with Crippen LogP contribution in [0.25, 0.3) is 0 Å². The van der Waals surface area contributed by atoms with Crippen LogP contribution in [-0.4, -0.2) is 42.7 Å². The van der Waals surface area contributed by atoms with E-state index in [1.54, 1.807) is 11.0 Å². The topological polar surface area (TPSA) is 86.3 Å². The lowest BCUT2D eigenvalue weighted by atomic mass is 9.79. The molecule has 49 heavy (non-hydrogen) atoms. The van der Waals surface area contributed by atoms with E-state index in [1.807, 2.05) is 91.0 Å². The maximum absolute atomic E-state index is 15.4. The maximum Gasteiger partial charge on any atom is 0.407 e. The van der Waals surface area contributed by atoms with E-state index in [2.05, 4.69) is 12.2 Å². The van der Waals surface area contributed by atoms with Gasteiger partial charge in [0.1, 0.15) is 31.3 Å². The van der Waals surface area contributed by atoms with Crippen LogP contribution in [0.1, 0.15) is 59.7 Å². The minimum Gasteiger partial charge on any atom is -0.492 e. The molecule has 1 saturated carbocycles. The zero-order valence-corrected chi connectivity index (χ0v) is 27.8. The first kappa shape index (κ1) is 33.8. The first-order valence-electron chi connectivity index (χ1n) is 17.0. The van der Waals surface area contributed by atoms with Crippen LogP contribution in [0.5, 0.6) is 17.2 Å². The number of alkyl carbamates (subject to hydrolysis) is 1. The Morgan fingerprint density at radius 1 is 0.857 bits per heavy atom. The lowest BCUT2D eigenvalue weighted by Gasteiger charge is -2.34.